The quantitative estimate of drug-likeness (QED) is 0.0214. The SMILES string of the molecule is CCCCCCCCCC/C=C\CCCCCCCCCCCCCCOCC(COP(=O)(O)OCC[N+](C)(C)C)OC(=O)CCCCCCCCCCCCCCCCCCC. The summed E-state index contributed by atoms with van der Waals surface area (Å²) in [6.07, 6.45) is 55.5. The van der Waals surface area contributed by atoms with Crippen molar-refractivity contribution in [1.82, 2.24) is 0 Å². The smallest absolute Gasteiger partial charge is 0.457 e. The molecule has 0 aromatic carbocycles. The van der Waals surface area contributed by atoms with E-state index in [1.54, 1.807) is 0 Å². The van der Waals surface area contributed by atoms with E-state index in [9.17, 15) is 14.3 Å². The monoisotopic (exact) mass is 915 g/mol. The van der Waals surface area contributed by atoms with Gasteiger partial charge in [-0.2, -0.15) is 0 Å². The maximum Gasteiger partial charge on any atom is 0.472 e. The number of ether oxygens (including phenoxy) is 2. The van der Waals surface area contributed by atoms with Crippen molar-refractivity contribution < 1.29 is 37.3 Å². The van der Waals surface area contributed by atoms with Crippen LogP contribution in [-0.2, 0) is 27.9 Å². The average Bonchev–Trinajstić information content (AvgIpc) is 3.24. The first kappa shape index (κ1) is 62.2. The van der Waals surface area contributed by atoms with Gasteiger partial charge in [0.05, 0.1) is 34.4 Å². The van der Waals surface area contributed by atoms with Gasteiger partial charge in [0.2, 0.25) is 0 Å². The van der Waals surface area contributed by atoms with E-state index in [2.05, 4.69) is 26.0 Å². The predicted octanol–water partition coefficient (Wildman–Crippen LogP) is 17.0. The number of carbonyl (C=O) groups is 1. The highest BCUT2D eigenvalue weighted by molar-refractivity contribution is 7.47. The van der Waals surface area contributed by atoms with Crippen molar-refractivity contribution >= 4 is 13.8 Å². The van der Waals surface area contributed by atoms with Crippen LogP contribution >= 0.6 is 7.82 Å². The normalized spacial score (nSPS) is 13.6. The molecule has 0 saturated carbocycles. The molecule has 0 bridgehead atoms. The molecular weight excluding hydrogens is 806 g/mol. The Balaban J connectivity index is 4.04. The molecule has 9 heteroatoms. The molecule has 0 amide bonds. The summed E-state index contributed by atoms with van der Waals surface area (Å²) in [6.45, 7) is 5.69. The van der Waals surface area contributed by atoms with Crippen LogP contribution in [0.15, 0.2) is 12.2 Å². The zero-order chi connectivity index (χ0) is 46.2. The van der Waals surface area contributed by atoms with E-state index in [0.29, 0.717) is 24.1 Å². The molecule has 63 heavy (non-hydrogen) atoms. The number of allylic oxidation sites excluding steroid dienone is 2. The lowest BCUT2D eigenvalue weighted by Crippen LogP contribution is -2.37. The van der Waals surface area contributed by atoms with Crippen LogP contribution in [0.2, 0.25) is 0 Å². The number of carbonyl (C=O) groups excluding carboxylic acids is 1. The highest BCUT2D eigenvalue weighted by Gasteiger charge is 2.26. The van der Waals surface area contributed by atoms with Crippen LogP contribution in [0.25, 0.3) is 0 Å². The van der Waals surface area contributed by atoms with Crippen molar-refractivity contribution in [3.05, 3.63) is 12.2 Å². The zero-order valence-electron chi connectivity index (χ0n) is 42.8. The van der Waals surface area contributed by atoms with E-state index >= 15 is 0 Å². The summed E-state index contributed by atoms with van der Waals surface area (Å²) in [7, 11) is 1.69. The second kappa shape index (κ2) is 47.7. The highest BCUT2D eigenvalue weighted by Crippen LogP contribution is 2.43. The zero-order valence-corrected chi connectivity index (χ0v) is 43.7. The van der Waals surface area contributed by atoms with Gasteiger partial charge in [0, 0.05) is 13.0 Å². The van der Waals surface area contributed by atoms with Crippen LogP contribution in [0.4, 0.5) is 0 Å². The lowest BCUT2D eigenvalue weighted by molar-refractivity contribution is -0.870. The molecule has 0 aliphatic rings. The van der Waals surface area contributed by atoms with Gasteiger partial charge >= 0.3 is 13.8 Å². The molecule has 2 atom stereocenters. The van der Waals surface area contributed by atoms with Gasteiger partial charge in [-0.15, -0.1) is 0 Å². The average molecular weight is 915 g/mol. The van der Waals surface area contributed by atoms with Gasteiger partial charge in [0.1, 0.15) is 19.3 Å². The third kappa shape index (κ3) is 52.1. The number of unbranched alkanes of at least 4 members (excludes halogenated alkanes) is 36. The predicted molar refractivity (Wildman–Crippen MR) is 270 cm³/mol. The van der Waals surface area contributed by atoms with Crippen LogP contribution in [0.1, 0.15) is 271 Å². The first-order valence-electron chi connectivity index (χ1n) is 27.4. The Hall–Kier alpha value is -0.760. The van der Waals surface area contributed by atoms with Gasteiger partial charge in [-0.05, 0) is 38.5 Å². The van der Waals surface area contributed by atoms with Crippen LogP contribution < -0.4 is 0 Å². The lowest BCUT2D eigenvalue weighted by atomic mass is 10.0. The summed E-state index contributed by atoms with van der Waals surface area (Å²) in [5, 5.41) is 0. The molecule has 0 rings (SSSR count). The van der Waals surface area contributed by atoms with Gasteiger partial charge in [-0.25, -0.2) is 4.57 Å². The first-order valence-corrected chi connectivity index (χ1v) is 28.9. The molecule has 0 spiro atoms. The highest BCUT2D eigenvalue weighted by atomic mass is 31.2. The number of likely N-dealkylation sites (N-methyl/N-ethyl adjacent to an activating group) is 1. The topological polar surface area (TPSA) is 91.3 Å². The summed E-state index contributed by atoms with van der Waals surface area (Å²) >= 11 is 0. The molecule has 8 nitrogen and oxygen atoms in total. The van der Waals surface area contributed by atoms with E-state index in [-0.39, 0.29) is 25.8 Å². The molecule has 1 N–H and O–H groups in total. The van der Waals surface area contributed by atoms with Crippen LogP contribution in [0.5, 0.6) is 0 Å². The van der Waals surface area contributed by atoms with Crippen molar-refractivity contribution in [3.8, 4) is 0 Å². The Labute approximate surface area is 392 Å². The van der Waals surface area contributed by atoms with Crippen molar-refractivity contribution in [2.75, 3.05) is 54.1 Å². The molecule has 0 radical (unpaired) electrons. The molecule has 376 valence electrons. The van der Waals surface area contributed by atoms with Gasteiger partial charge in [0.15, 0.2) is 0 Å². The van der Waals surface area contributed by atoms with E-state index in [1.807, 2.05) is 21.1 Å². The summed E-state index contributed by atoms with van der Waals surface area (Å²) in [5.41, 5.74) is 0. The van der Waals surface area contributed by atoms with Crippen molar-refractivity contribution in [2.45, 2.75) is 277 Å². The lowest BCUT2D eigenvalue weighted by Gasteiger charge is -2.24. The number of phosphoric acid groups is 1. The third-order valence-electron chi connectivity index (χ3n) is 12.3. The van der Waals surface area contributed by atoms with Gasteiger partial charge < -0.3 is 18.9 Å². The number of phosphoric ester groups is 1. The Bertz CT molecular complexity index is 1020. The minimum absolute atomic E-state index is 0.0925. The number of nitrogens with zero attached hydrogens (tertiary/aromatic N) is 1. The van der Waals surface area contributed by atoms with Crippen LogP contribution in [0, 0.1) is 0 Å². The first-order chi connectivity index (χ1) is 30.6. The minimum Gasteiger partial charge on any atom is -0.457 e. The fourth-order valence-electron chi connectivity index (χ4n) is 8.08. The summed E-state index contributed by atoms with van der Waals surface area (Å²) < 4.78 is 35.2. The van der Waals surface area contributed by atoms with Crippen molar-refractivity contribution in [2.24, 2.45) is 0 Å². The maximum atomic E-state index is 12.8. The van der Waals surface area contributed by atoms with Crippen molar-refractivity contribution in [3.63, 3.8) is 0 Å². The summed E-state index contributed by atoms with van der Waals surface area (Å²) in [4.78, 5) is 23.0. The van der Waals surface area contributed by atoms with E-state index in [4.69, 9.17) is 18.5 Å². The molecule has 0 fully saturated rings. The van der Waals surface area contributed by atoms with Gasteiger partial charge in [-0.1, -0.05) is 238 Å². The number of esters is 1. The largest absolute Gasteiger partial charge is 0.472 e. The molecule has 0 heterocycles. The van der Waals surface area contributed by atoms with E-state index in [0.717, 1.165) is 32.1 Å². The maximum absolute atomic E-state index is 12.8. The Morgan fingerprint density at radius 3 is 1.21 bits per heavy atom. The number of rotatable bonds is 52. The summed E-state index contributed by atoms with van der Waals surface area (Å²) in [5.74, 6) is -0.306. The van der Waals surface area contributed by atoms with Crippen LogP contribution in [-0.4, -0.2) is 75.6 Å². The molecule has 0 saturated heterocycles. The standard InChI is InChI=1S/C54H108NO7P/c1-6-8-10-12-14-16-18-20-22-24-25-26-27-28-29-30-32-34-36-38-40-42-44-46-49-59-51-53(52-61-63(57,58)60-50-48-55(3,4)5)62-54(56)47-45-43-41-39-37-35-33-31-23-21-19-17-15-13-11-9-7-2/h24-25,53H,6-23,26-52H2,1-5H3/p+1/b25-24-. The second-order valence-electron chi connectivity index (χ2n) is 20.0. The number of hydrogen-bond donors (Lipinski definition) is 1. The minimum atomic E-state index is -4.28. The molecular formula is C54H109NO7P+. The van der Waals surface area contributed by atoms with Crippen LogP contribution in [0.3, 0.4) is 0 Å². The number of hydrogen-bond acceptors (Lipinski definition) is 6. The Morgan fingerprint density at radius 1 is 0.476 bits per heavy atom. The van der Waals surface area contributed by atoms with Gasteiger partial charge in [-0.3, -0.25) is 13.8 Å². The Kier molecular flexibility index (Phi) is 47.1. The number of quaternary nitrogens is 1. The van der Waals surface area contributed by atoms with Gasteiger partial charge in [0.25, 0.3) is 0 Å². The van der Waals surface area contributed by atoms with E-state index < -0.39 is 13.9 Å². The Morgan fingerprint density at radius 2 is 0.825 bits per heavy atom. The third-order valence-corrected chi connectivity index (χ3v) is 13.3. The molecule has 0 aromatic heterocycles. The molecule has 0 aliphatic heterocycles. The van der Waals surface area contributed by atoms with E-state index in [1.165, 1.54) is 218 Å². The summed E-state index contributed by atoms with van der Waals surface area (Å²) in [6, 6.07) is 0. The molecule has 2 unspecified atom stereocenters. The fraction of sp³-hybridized carbons (Fsp3) is 0.944. The second-order valence-corrected chi connectivity index (χ2v) is 21.4. The fourth-order valence-corrected chi connectivity index (χ4v) is 8.82. The molecule has 0 aliphatic carbocycles. The van der Waals surface area contributed by atoms with Crippen molar-refractivity contribution in [1.29, 1.82) is 0 Å². The molecule has 0 aromatic rings.